The third-order valence-corrected chi connectivity index (χ3v) is 8.06. The van der Waals surface area contributed by atoms with Crippen molar-refractivity contribution < 1.29 is 50.6 Å². The predicted octanol–water partition coefficient (Wildman–Crippen LogP) is 5.60. The highest BCUT2D eigenvalue weighted by atomic mass is 79.9. The molecule has 3 rings (SSSR count). The van der Waals surface area contributed by atoms with Crippen molar-refractivity contribution in [3.8, 4) is 11.5 Å². The summed E-state index contributed by atoms with van der Waals surface area (Å²) in [6.07, 6.45) is -4.72. The van der Waals surface area contributed by atoms with E-state index in [0.717, 1.165) is 31.4 Å². The lowest BCUT2D eigenvalue weighted by Gasteiger charge is -2.16. The van der Waals surface area contributed by atoms with Crippen LogP contribution >= 0.6 is 34.9 Å². The van der Waals surface area contributed by atoms with Gasteiger partial charge in [-0.05, 0) is 45.8 Å². The quantitative estimate of drug-likeness (QED) is 0.244. The van der Waals surface area contributed by atoms with Gasteiger partial charge in [0.2, 0.25) is 5.91 Å². The van der Waals surface area contributed by atoms with E-state index in [2.05, 4.69) is 15.9 Å². The summed E-state index contributed by atoms with van der Waals surface area (Å²) in [6, 6.07) is 5.38. The molecule has 3 aromatic rings. The molecule has 2 aromatic carbocycles. The number of carbonyl (C=O) groups is 1. The van der Waals surface area contributed by atoms with Gasteiger partial charge >= 0.3 is 19.4 Å². The highest BCUT2D eigenvalue weighted by Gasteiger charge is 2.53. The number of ether oxygens (including phenoxy) is 2. The van der Waals surface area contributed by atoms with Crippen molar-refractivity contribution >= 4 is 50.9 Å². The van der Waals surface area contributed by atoms with Crippen LogP contribution in [0.2, 0.25) is 0 Å². The van der Waals surface area contributed by atoms with Crippen LogP contribution in [-0.4, -0.2) is 22.8 Å². The summed E-state index contributed by atoms with van der Waals surface area (Å²) < 4.78 is 89.8. The lowest BCUT2D eigenvalue weighted by Crippen LogP contribution is -2.12. The molecule has 1 amide bonds. The van der Waals surface area contributed by atoms with Crippen LogP contribution in [-0.2, 0) is 23.0 Å². The average Bonchev–Trinajstić information content (AvgIpc) is 3.07. The molecule has 0 saturated carbocycles. The molecule has 0 radical (unpaired) electrons. The first-order chi connectivity index (χ1) is 15.6. The maximum absolute atomic E-state index is 14.4. The first-order valence-electron chi connectivity index (χ1n) is 8.94. The number of carbonyl (C=O) groups excluding carboxylic acids is 1. The lowest BCUT2D eigenvalue weighted by atomic mass is 10.1. The second-order valence-corrected chi connectivity index (χ2v) is 10.3. The monoisotopic (exact) mass is 589 g/mol. The number of hydrogen-bond donors (Lipinski definition) is 3. The normalized spacial score (nSPS) is 12.7. The highest BCUT2D eigenvalue weighted by molar-refractivity contribution is 9.10. The molecule has 0 bridgehead atoms. The van der Waals surface area contributed by atoms with Gasteiger partial charge in [0.05, 0.1) is 17.4 Å². The third-order valence-electron chi connectivity index (χ3n) is 4.58. The van der Waals surface area contributed by atoms with E-state index in [1.165, 1.54) is 6.07 Å². The van der Waals surface area contributed by atoms with E-state index in [0.29, 0.717) is 0 Å². The summed E-state index contributed by atoms with van der Waals surface area (Å²) in [5.74, 6) is -1.58. The molecule has 0 atom stereocenters. The minimum absolute atomic E-state index is 0.0374. The number of halogens is 6. The molecule has 0 aliphatic rings. The van der Waals surface area contributed by atoms with Gasteiger partial charge in [-0.15, -0.1) is 11.3 Å². The molecule has 0 saturated heterocycles. The second kappa shape index (κ2) is 9.08. The zero-order valence-corrected chi connectivity index (χ0v) is 20.1. The van der Waals surface area contributed by atoms with Crippen molar-refractivity contribution in [1.29, 1.82) is 0 Å². The topological polar surface area (TPSA) is 119 Å². The van der Waals surface area contributed by atoms with E-state index >= 15 is 0 Å². The second-order valence-electron chi connectivity index (χ2n) is 6.87. The Labute approximate surface area is 200 Å². The fraction of sp³-hybridized carbons (Fsp3) is 0.211. The predicted molar refractivity (Wildman–Crippen MR) is 116 cm³/mol. The highest BCUT2D eigenvalue weighted by Crippen LogP contribution is 2.63. The summed E-state index contributed by atoms with van der Waals surface area (Å²) in [7, 11) is -4.84. The molecule has 0 unspecified atom stereocenters. The van der Waals surface area contributed by atoms with Crippen molar-refractivity contribution in [2.45, 2.75) is 18.4 Å². The van der Waals surface area contributed by atoms with Gasteiger partial charge in [-0.3, -0.25) is 9.36 Å². The van der Waals surface area contributed by atoms with Gasteiger partial charge in [0, 0.05) is 15.4 Å². The number of nitrogens with two attached hydrogens (primary N) is 1. The van der Waals surface area contributed by atoms with E-state index in [9.17, 15) is 31.3 Å². The average molecular weight is 590 g/mol. The number of benzene rings is 2. The van der Waals surface area contributed by atoms with Gasteiger partial charge in [0.1, 0.15) is 23.0 Å². The molecule has 15 heteroatoms. The van der Waals surface area contributed by atoms with Gasteiger partial charge in [-0.1, -0.05) is 6.07 Å². The molecule has 1 aromatic heterocycles. The molecular weight excluding hydrogens is 576 g/mol. The Morgan fingerprint density at radius 2 is 1.79 bits per heavy atom. The summed E-state index contributed by atoms with van der Waals surface area (Å²) in [4.78, 5) is 28.9. The van der Waals surface area contributed by atoms with Crippen LogP contribution in [0.4, 0.5) is 22.0 Å². The van der Waals surface area contributed by atoms with Crippen LogP contribution in [0.3, 0.4) is 0 Å². The molecule has 0 spiro atoms. The van der Waals surface area contributed by atoms with E-state index in [1.807, 2.05) is 0 Å². The number of amides is 1. The summed E-state index contributed by atoms with van der Waals surface area (Å²) in [6.45, 7) is -0.468. The summed E-state index contributed by atoms with van der Waals surface area (Å²) in [5, 5.41) is -0.0508. The smallest absolute Gasteiger partial charge is 0.419 e. The van der Waals surface area contributed by atoms with E-state index in [4.69, 9.17) is 25.0 Å². The molecule has 1 heterocycles. The molecule has 4 N–H and O–H groups in total. The summed E-state index contributed by atoms with van der Waals surface area (Å²) in [5.41, 5.74) is -0.483. The number of alkyl halides is 5. The van der Waals surface area contributed by atoms with E-state index in [1.54, 1.807) is 0 Å². The Morgan fingerprint density at radius 1 is 1.15 bits per heavy atom. The first kappa shape index (κ1) is 26.4. The van der Waals surface area contributed by atoms with Gasteiger partial charge < -0.3 is 25.0 Å². The van der Waals surface area contributed by atoms with Gasteiger partial charge in [-0.25, -0.2) is 0 Å². The largest absolute Gasteiger partial charge is 0.496 e. The Balaban J connectivity index is 2.10. The molecule has 0 fully saturated rings. The zero-order valence-electron chi connectivity index (χ0n) is 16.8. The molecule has 0 aliphatic heterocycles. The van der Waals surface area contributed by atoms with Gasteiger partial charge in [-0.2, -0.15) is 22.0 Å². The third kappa shape index (κ3) is 4.91. The van der Waals surface area contributed by atoms with E-state index in [-0.39, 0.29) is 38.3 Å². The van der Waals surface area contributed by atoms with Crippen molar-refractivity contribution in [2.75, 3.05) is 7.11 Å². The van der Waals surface area contributed by atoms with Crippen molar-refractivity contribution in [2.24, 2.45) is 5.73 Å². The molecule has 7 nitrogen and oxygen atoms in total. The molecule has 0 aliphatic carbocycles. The van der Waals surface area contributed by atoms with Crippen LogP contribution in [0.5, 0.6) is 11.5 Å². The lowest BCUT2D eigenvalue weighted by molar-refractivity contribution is -0.138. The van der Waals surface area contributed by atoms with Gasteiger partial charge in [0.25, 0.3) is 0 Å². The zero-order chi connectivity index (χ0) is 25.6. The maximum atomic E-state index is 14.4. The van der Waals surface area contributed by atoms with E-state index < -0.39 is 52.6 Å². The van der Waals surface area contributed by atoms with Crippen molar-refractivity contribution in [3.05, 3.63) is 56.4 Å². The van der Waals surface area contributed by atoms with Crippen LogP contribution in [0, 0.1) is 0 Å². The minimum Gasteiger partial charge on any atom is -0.496 e. The number of hydrogen-bond acceptors (Lipinski definition) is 5. The number of rotatable bonds is 7. The number of thiophene rings is 1. The fourth-order valence-electron chi connectivity index (χ4n) is 2.94. The number of primary amides is 1. The van der Waals surface area contributed by atoms with Gasteiger partial charge in [0.15, 0.2) is 0 Å². The minimum atomic E-state index is -5.92. The van der Waals surface area contributed by atoms with Crippen LogP contribution in [0.1, 0.15) is 26.4 Å². The Bertz CT molecular complexity index is 1320. The molecular formula is C19H14BrF5NO6PS. The van der Waals surface area contributed by atoms with Crippen LogP contribution in [0.25, 0.3) is 10.1 Å². The standard InChI is InChI=1S/C19H14BrF5NO6PS/c1-31-12-3-2-8(4-11(12)18(21,22)23)7-32-13-6-9(17(26)27)5-10-14(20)16(34-15(10)13)19(24,25)33(28,29)30/h2-6H,7H2,1H3,(H2,26,27)(H2,28,29,30). The van der Waals surface area contributed by atoms with Crippen LogP contribution < -0.4 is 15.2 Å². The van der Waals surface area contributed by atoms with Crippen LogP contribution in [0.15, 0.2) is 34.8 Å². The molecule has 184 valence electrons. The summed E-state index contributed by atoms with van der Waals surface area (Å²) >= 11 is 3.17. The Hall–Kier alpha value is -2.25. The fourth-order valence-corrected chi connectivity index (χ4v) is 5.92. The number of fused-ring (bicyclic) bond motifs is 1. The Kier molecular flexibility index (Phi) is 7.04. The Morgan fingerprint density at radius 3 is 2.32 bits per heavy atom. The number of methoxy groups -OCH3 is 1. The van der Waals surface area contributed by atoms with Crippen molar-refractivity contribution in [1.82, 2.24) is 0 Å². The molecule has 34 heavy (non-hydrogen) atoms. The first-order valence-corrected chi connectivity index (χ1v) is 12.2. The maximum Gasteiger partial charge on any atom is 0.419 e. The SMILES string of the molecule is COc1ccc(COc2cc(C(N)=O)cc3c(Br)c(C(F)(F)P(=O)(O)O)sc23)cc1C(F)(F)F. The van der Waals surface area contributed by atoms with Crippen molar-refractivity contribution in [3.63, 3.8) is 0 Å².